The number of rotatable bonds is 3. The molecule has 5 nitrogen and oxygen atoms in total. The SMILES string of the molecule is Nc1cc(C(F)(F)F)cnc1N1CCN(Cc2ccccn2)CC1. The maximum absolute atomic E-state index is 12.7. The number of aromatic nitrogens is 2. The van der Waals surface area contributed by atoms with Gasteiger partial charge in [-0.25, -0.2) is 4.98 Å². The van der Waals surface area contributed by atoms with Crippen molar-refractivity contribution in [3.63, 3.8) is 0 Å². The molecule has 0 saturated carbocycles. The molecule has 0 aliphatic carbocycles. The summed E-state index contributed by atoms with van der Waals surface area (Å²) < 4.78 is 38.0. The third kappa shape index (κ3) is 3.76. The van der Waals surface area contributed by atoms with E-state index in [-0.39, 0.29) is 5.69 Å². The van der Waals surface area contributed by atoms with Crippen LogP contribution in [0.4, 0.5) is 24.7 Å². The molecule has 0 radical (unpaired) electrons. The molecular weight excluding hydrogens is 319 g/mol. The van der Waals surface area contributed by atoms with Crippen LogP contribution in [0.3, 0.4) is 0 Å². The number of pyridine rings is 2. The summed E-state index contributed by atoms with van der Waals surface area (Å²) in [7, 11) is 0. The molecule has 0 spiro atoms. The Morgan fingerprint density at radius 2 is 1.83 bits per heavy atom. The van der Waals surface area contributed by atoms with Gasteiger partial charge in [-0.15, -0.1) is 0 Å². The van der Waals surface area contributed by atoms with Crippen LogP contribution >= 0.6 is 0 Å². The minimum atomic E-state index is -4.43. The Labute approximate surface area is 137 Å². The highest BCUT2D eigenvalue weighted by Gasteiger charge is 2.32. The van der Waals surface area contributed by atoms with Gasteiger partial charge in [-0.1, -0.05) is 6.07 Å². The number of nitrogens with zero attached hydrogens (tertiary/aromatic N) is 4. The van der Waals surface area contributed by atoms with E-state index in [4.69, 9.17) is 5.73 Å². The van der Waals surface area contributed by atoms with Crippen LogP contribution < -0.4 is 10.6 Å². The molecule has 0 aromatic carbocycles. The molecule has 8 heteroatoms. The summed E-state index contributed by atoms with van der Waals surface area (Å²) in [5.41, 5.74) is 6.01. The van der Waals surface area contributed by atoms with E-state index in [1.54, 1.807) is 6.20 Å². The van der Waals surface area contributed by atoms with Gasteiger partial charge in [0.25, 0.3) is 0 Å². The number of nitrogen functional groups attached to an aromatic ring is 1. The fourth-order valence-electron chi connectivity index (χ4n) is 2.73. The molecule has 2 aromatic heterocycles. The maximum Gasteiger partial charge on any atom is 0.417 e. The van der Waals surface area contributed by atoms with E-state index >= 15 is 0 Å². The van der Waals surface area contributed by atoms with Crippen LogP contribution in [0.25, 0.3) is 0 Å². The summed E-state index contributed by atoms with van der Waals surface area (Å²) in [5, 5.41) is 0. The van der Waals surface area contributed by atoms with Crippen molar-refractivity contribution >= 4 is 11.5 Å². The summed E-state index contributed by atoms with van der Waals surface area (Å²) in [6.07, 6.45) is -1.83. The standard InChI is InChI=1S/C16H18F3N5/c17-16(18,19)12-9-14(20)15(22-10-12)24-7-5-23(6-8-24)11-13-3-1-2-4-21-13/h1-4,9-10H,5-8,11,20H2. The van der Waals surface area contributed by atoms with Crippen molar-refractivity contribution < 1.29 is 13.2 Å². The predicted molar refractivity (Wildman–Crippen MR) is 85.4 cm³/mol. The molecule has 1 fully saturated rings. The van der Waals surface area contributed by atoms with E-state index in [1.165, 1.54) is 0 Å². The zero-order chi connectivity index (χ0) is 17.2. The van der Waals surface area contributed by atoms with Crippen molar-refractivity contribution in [1.82, 2.24) is 14.9 Å². The second-order valence-electron chi connectivity index (χ2n) is 5.72. The minimum Gasteiger partial charge on any atom is -0.396 e. The normalized spacial score (nSPS) is 16.4. The van der Waals surface area contributed by atoms with Crippen LogP contribution in [0, 0.1) is 0 Å². The minimum absolute atomic E-state index is 0.0583. The average molecular weight is 337 g/mol. The predicted octanol–water partition coefficient (Wildman–Crippen LogP) is 2.40. The van der Waals surface area contributed by atoms with Crippen LogP contribution in [0.2, 0.25) is 0 Å². The summed E-state index contributed by atoms with van der Waals surface area (Å²) in [4.78, 5) is 12.4. The fraction of sp³-hybridized carbons (Fsp3) is 0.375. The van der Waals surface area contributed by atoms with Crippen LogP contribution in [-0.4, -0.2) is 41.0 Å². The Hall–Kier alpha value is -2.35. The topological polar surface area (TPSA) is 58.3 Å². The first-order valence-electron chi connectivity index (χ1n) is 7.63. The Morgan fingerprint density at radius 1 is 1.08 bits per heavy atom. The highest BCUT2D eigenvalue weighted by atomic mass is 19.4. The van der Waals surface area contributed by atoms with Gasteiger partial charge in [-0.3, -0.25) is 9.88 Å². The number of hydrogen-bond donors (Lipinski definition) is 1. The first kappa shape index (κ1) is 16.5. The Morgan fingerprint density at radius 3 is 2.42 bits per heavy atom. The third-order valence-electron chi connectivity index (χ3n) is 4.01. The van der Waals surface area contributed by atoms with E-state index in [9.17, 15) is 13.2 Å². The molecule has 0 atom stereocenters. The smallest absolute Gasteiger partial charge is 0.396 e. The third-order valence-corrected chi connectivity index (χ3v) is 4.01. The van der Waals surface area contributed by atoms with E-state index in [1.807, 2.05) is 23.1 Å². The lowest BCUT2D eigenvalue weighted by Gasteiger charge is -2.35. The van der Waals surface area contributed by atoms with Gasteiger partial charge in [0.1, 0.15) is 0 Å². The highest BCUT2D eigenvalue weighted by molar-refractivity contribution is 5.63. The number of hydrogen-bond acceptors (Lipinski definition) is 5. The molecule has 3 heterocycles. The van der Waals surface area contributed by atoms with Crippen LogP contribution in [0.1, 0.15) is 11.3 Å². The van der Waals surface area contributed by atoms with Gasteiger partial charge in [0.15, 0.2) is 5.82 Å². The Bertz CT molecular complexity index is 682. The monoisotopic (exact) mass is 337 g/mol. The largest absolute Gasteiger partial charge is 0.417 e. The van der Waals surface area contributed by atoms with Gasteiger partial charge >= 0.3 is 6.18 Å². The lowest BCUT2D eigenvalue weighted by atomic mass is 10.2. The van der Waals surface area contributed by atoms with E-state index in [0.717, 1.165) is 37.6 Å². The van der Waals surface area contributed by atoms with Crippen molar-refractivity contribution in [2.24, 2.45) is 0 Å². The van der Waals surface area contributed by atoms with Gasteiger partial charge < -0.3 is 10.6 Å². The van der Waals surface area contributed by atoms with E-state index in [2.05, 4.69) is 14.9 Å². The summed E-state index contributed by atoms with van der Waals surface area (Å²) in [5.74, 6) is 0.417. The first-order chi connectivity index (χ1) is 11.4. The molecule has 0 unspecified atom stereocenters. The van der Waals surface area contributed by atoms with Gasteiger partial charge in [0, 0.05) is 45.1 Å². The van der Waals surface area contributed by atoms with Gasteiger partial charge in [0.2, 0.25) is 0 Å². The number of halogens is 3. The fourth-order valence-corrected chi connectivity index (χ4v) is 2.73. The molecule has 1 saturated heterocycles. The lowest BCUT2D eigenvalue weighted by Crippen LogP contribution is -2.46. The molecular formula is C16H18F3N5. The van der Waals surface area contributed by atoms with E-state index < -0.39 is 11.7 Å². The van der Waals surface area contributed by atoms with Crippen molar-refractivity contribution in [2.75, 3.05) is 36.8 Å². The Kier molecular flexibility index (Phi) is 4.57. The zero-order valence-corrected chi connectivity index (χ0v) is 13.0. The molecule has 2 aromatic rings. The van der Waals surface area contributed by atoms with Crippen LogP contribution in [0.5, 0.6) is 0 Å². The molecule has 128 valence electrons. The maximum atomic E-state index is 12.7. The van der Waals surface area contributed by atoms with Gasteiger partial charge in [0.05, 0.1) is 16.9 Å². The first-order valence-corrected chi connectivity index (χ1v) is 7.63. The van der Waals surface area contributed by atoms with Crippen molar-refractivity contribution in [1.29, 1.82) is 0 Å². The lowest BCUT2D eigenvalue weighted by molar-refractivity contribution is -0.137. The summed E-state index contributed by atoms with van der Waals surface area (Å²) in [6.45, 7) is 3.63. The quantitative estimate of drug-likeness (QED) is 0.932. The second-order valence-corrected chi connectivity index (χ2v) is 5.72. The zero-order valence-electron chi connectivity index (χ0n) is 13.0. The highest BCUT2D eigenvalue weighted by Crippen LogP contribution is 2.32. The second kappa shape index (κ2) is 6.64. The molecule has 0 bridgehead atoms. The molecule has 0 amide bonds. The average Bonchev–Trinajstić information content (AvgIpc) is 2.56. The number of nitrogens with two attached hydrogens (primary N) is 1. The summed E-state index contributed by atoms with van der Waals surface area (Å²) in [6, 6.07) is 6.75. The summed E-state index contributed by atoms with van der Waals surface area (Å²) >= 11 is 0. The van der Waals surface area contributed by atoms with Gasteiger partial charge in [-0.05, 0) is 18.2 Å². The Balaban J connectivity index is 1.62. The van der Waals surface area contributed by atoms with Crippen molar-refractivity contribution in [3.8, 4) is 0 Å². The number of alkyl halides is 3. The molecule has 1 aliphatic heterocycles. The van der Waals surface area contributed by atoms with Crippen molar-refractivity contribution in [3.05, 3.63) is 47.9 Å². The number of piperazine rings is 1. The van der Waals surface area contributed by atoms with Gasteiger partial charge in [-0.2, -0.15) is 13.2 Å². The van der Waals surface area contributed by atoms with E-state index in [0.29, 0.717) is 18.9 Å². The molecule has 3 rings (SSSR count). The molecule has 2 N–H and O–H groups in total. The molecule has 1 aliphatic rings. The number of anilines is 2. The van der Waals surface area contributed by atoms with Crippen LogP contribution in [-0.2, 0) is 12.7 Å². The van der Waals surface area contributed by atoms with Crippen LogP contribution in [0.15, 0.2) is 36.7 Å². The molecule has 24 heavy (non-hydrogen) atoms. The van der Waals surface area contributed by atoms with Crippen molar-refractivity contribution in [2.45, 2.75) is 12.7 Å².